The van der Waals surface area contributed by atoms with Crippen molar-refractivity contribution < 1.29 is 14.3 Å². The van der Waals surface area contributed by atoms with Gasteiger partial charge in [-0.1, -0.05) is 53.6 Å². The summed E-state index contributed by atoms with van der Waals surface area (Å²) in [5.41, 5.74) is 4.62. The molecule has 0 N–H and O–H groups in total. The fraction of sp³-hybridized carbons (Fsp3) is 0.484. The quantitative estimate of drug-likeness (QED) is 0.354. The van der Waals surface area contributed by atoms with Crippen LogP contribution in [0.1, 0.15) is 57.6 Å². The summed E-state index contributed by atoms with van der Waals surface area (Å²) in [5, 5.41) is 4.86. The molecular weight excluding hydrogens is 478 g/mol. The predicted octanol–water partition coefficient (Wildman–Crippen LogP) is 5.75. The Morgan fingerprint density at radius 2 is 1.61 bits per heavy atom. The van der Waals surface area contributed by atoms with Gasteiger partial charge < -0.3 is 9.47 Å². The standard InChI is InChI=1S/C31H39N3O4/c1-21-9-15-25(16-10-21)29-28(26-8-6-7-22(2)17-26)32-30(36)34(33-29)18-23-11-13-24(14-12-23)19-37-20-27(35)38-31(3,4)5/h6-10,15-17,23-24H,11-14,18-20H2,1-5H3/t23-,24-. The number of carbonyl (C=O) groups excluding carboxylic acids is 1. The summed E-state index contributed by atoms with van der Waals surface area (Å²) in [6.07, 6.45) is 3.95. The van der Waals surface area contributed by atoms with Crippen LogP contribution in [0.2, 0.25) is 0 Å². The number of aromatic nitrogens is 3. The largest absolute Gasteiger partial charge is 0.458 e. The molecule has 1 saturated carbocycles. The molecule has 0 saturated heterocycles. The van der Waals surface area contributed by atoms with Crippen LogP contribution >= 0.6 is 0 Å². The first kappa shape index (κ1) is 27.7. The van der Waals surface area contributed by atoms with Gasteiger partial charge in [-0.25, -0.2) is 14.3 Å². The third kappa shape index (κ3) is 7.60. The molecule has 2 aromatic carbocycles. The van der Waals surface area contributed by atoms with Crippen molar-refractivity contribution in [3.8, 4) is 22.5 Å². The highest BCUT2D eigenvalue weighted by Gasteiger charge is 2.24. The van der Waals surface area contributed by atoms with Crippen LogP contribution in [0.15, 0.2) is 53.3 Å². The van der Waals surface area contributed by atoms with Crippen LogP contribution < -0.4 is 5.69 Å². The molecule has 0 amide bonds. The number of hydrogen-bond acceptors (Lipinski definition) is 6. The maximum Gasteiger partial charge on any atom is 0.364 e. The number of hydrogen-bond donors (Lipinski definition) is 0. The third-order valence-electron chi connectivity index (χ3n) is 6.88. The second kappa shape index (κ2) is 12.0. The molecule has 3 aromatic rings. The van der Waals surface area contributed by atoms with Crippen LogP contribution in [-0.4, -0.2) is 39.5 Å². The first-order valence-electron chi connectivity index (χ1n) is 13.5. The van der Waals surface area contributed by atoms with Crippen LogP contribution in [0.3, 0.4) is 0 Å². The van der Waals surface area contributed by atoms with Crippen molar-refractivity contribution in [2.75, 3.05) is 13.2 Å². The van der Waals surface area contributed by atoms with E-state index in [9.17, 15) is 9.59 Å². The molecule has 0 aliphatic heterocycles. The maximum absolute atomic E-state index is 13.1. The van der Waals surface area contributed by atoms with Gasteiger partial charge in [0.05, 0.1) is 6.61 Å². The Morgan fingerprint density at radius 3 is 2.26 bits per heavy atom. The minimum absolute atomic E-state index is 0.0166. The average molecular weight is 518 g/mol. The van der Waals surface area contributed by atoms with Gasteiger partial charge >= 0.3 is 11.7 Å². The molecule has 4 rings (SSSR count). The Bertz CT molecular complexity index is 1300. The zero-order valence-corrected chi connectivity index (χ0v) is 23.2. The number of ether oxygens (including phenoxy) is 2. The molecule has 0 unspecified atom stereocenters. The lowest BCUT2D eigenvalue weighted by molar-refractivity contribution is -0.160. The minimum atomic E-state index is -0.503. The summed E-state index contributed by atoms with van der Waals surface area (Å²) >= 11 is 0. The monoisotopic (exact) mass is 517 g/mol. The molecule has 0 spiro atoms. The van der Waals surface area contributed by atoms with Gasteiger partial charge in [0.1, 0.15) is 23.6 Å². The fourth-order valence-electron chi connectivity index (χ4n) is 4.94. The molecule has 1 aliphatic rings. The van der Waals surface area contributed by atoms with Gasteiger partial charge in [0.25, 0.3) is 0 Å². The molecule has 1 aliphatic carbocycles. The Hall–Kier alpha value is -3.32. The van der Waals surface area contributed by atoms with Crippen molar-refractivity contribution >= 4 is 5.97 Å². The van der Waals surface area contributed by atoms with Crippen LogP contribution in [0.5, 0.6) is 0 Å². The van der Waals surface area contributed by atoms with E-state index in [0.29, 0.717) is 30.7 Å². The highest BCUT2D eigenvalue weighted by atomic mass is 16.6. The van der Waals surface area contributed by atoms with Gasteiger partial charge in [0, 0.05) is 17.7 Å². The van der Waals surface area contributed by atoms with Gasteiger partial charge in [-0.05, 0) is 78.2 Å². The maximum atomic E-state index is 13.1. The van der Waals surface area contributed by atoms with Gasteiger partial charge in [0.2, 0.25) is 0 Å². The third-order valence-corrected chi connectivity index (χ3v) is 6.88. The Morgan fingerprint density at radius 1 is 0.921 bits per heavy atom. The van der Waals surface area contributed by atoms with Gasteiger partial charge in [0.15, 0.2) is 0 Å². The number of esters is 1. The van der Waals surface area contributed by atoms with Crippen molar-refractivity contribution in [3.05, 3.63) is 70.1 Å². The lowest BCUT2D eigenvalue weighted by Crippen LogP contribution is -2.32. The van der Waals surface area contributed by atoms with Crippen LogP contribution in [0.4, 0.5) is 0 Å². The zero-order valence-electron chi connectivity index (χ0n) is 23.2. The summed E-state index contributed by atoms with van der Waals surface area (Å²) in [6, 6.07) is 16.2. The summed E-state index contributed by atoms with van der Waals surface area (Å²) in [4.78, 5) is 29.5. The number of rotatable bonds is 8. The lowest BCUT2D eigenvalue weighted by Gasteiger charge is -2.28. The van der Waals surface area contributed by atoms with E-state index in [-0.39, 0.29) is 18.3 Å². The number of aryl methyl sites for hydroxylation is 2. The number of nitrogens with zero attached hydrogens (tertiary/aromatic N) is 3. The molecule has 0 atom stereocenters. The molecule has 202 valence electrons. The van der Waals surface area contributed by atoms with Crippen molar-refractivity contribution in [3.63, 3.8) is 0 Å². The van der Waals surface area contributed by atoms with E-state index in [4.69, 9.17) is 14.6 Å². The predicted molar refractivity (Wildman–Crippen MR) is 149 cm³/mol. The second-order valence-corrected chi connectivity index (χ2v) is 11.5. The fourth-order valence-corrected chi connectivity index (χ4v) is 4.94. The molecular formula is C31H39N3O4. The summed E-state index contributed by atoms with van der Waals surface area (Å²) in [6.45, 7) is 10.7. The van der Waals surface area contributed by atoms with E-state index in [1.807, 2.05) is 64.1 Å². The normalized spacial score (nSPS) is 17.8. The first-order valence-corrected chi connectivity index (χ1v) is 13.5. The Labute approximate surface area is 225 Å². The number of carbonyl (C=O) groups is 1. The SMILES string of the molecule is Cc1ccc(-c2nn(C[C@H]3CC[C@H](COCC(=O)OC(C)(C)C)CC3)c(=O)nc2-c2cccc(C)c2)cc1. The topological polar surface area (TPSA) is 83.3 Å². The summed E-state index contributed by atoms with van der Waals surface area (Å²) < 4.78 is 12.5. The molecule has 0 radical (unpaired) electrons. The molecule has 7 nitrogen and oxygen atoms in total. The molecule has 1 fully saturated rings. The van der Waals surface area contributed by atoms with Crippen molar-refractivity contribution in [1.82, 2.24) is 14.8 Å². The van der Waals surface area contributed by atoms with E-state index in [1.165, 1.54) is 5.56 Å². The molecule has 7 heteroatoms. The second-order valence-electron chi connectivity index (χ2n) is 11.5. The van der Waals surface area contributed by atoms with E-state index in [0.717, 1.165) is 48.1 Å². The van der Waals surface area contributed by atoms with Crippen molar-refractivity contribution in [2.24, 2.45) is 11.8 Å². The van der Waals surface area contributed by atoms with Crippen LogP contribution in [0, 0.1) is 25.7 Å². The van der Waals surface area contributed by atoms with Gasteiger partial charge in [-0.3, -0.25) is 0 Å². The Kier molecular flexibility index (Phi) is 8.77. The summed E-state index contributed by atoms with van der Waals surface area (Å²) in [5.74, 6) is 0.422. The highest BCUT2D eigenvalue weighted by molar-refractivity contribution is 5.77. The lowest BCUT2D eigenvalue weighted by atomic mass is 9.82. The number of benzene rings is 2. The van der Waals surface area contributed by atoms with Gasteiger partial charge in [-0.2, -0.15) is 10.1 Å². The molecule has 38 heavy (non-hydrogen) atoms. The summed E-state index contributed by atoms with van der Waals surface area (Å²) in [7, 11) is 0. The minimum Gasteiger partial charge on any atom is -0.458 e. The average Bonchev–Trinajstić information content (AvgIpc) is 2.85. The van der Waals surface area contributed by atoms with Crippen molar-refractivity contribution in [2.45, 2.75) is 72.4 Å². The Balaban J connectivity index is 1.43. The van der Waals surface area contributed by atoms with E-state index in [2.05, 4.69) is 24.0 Å². The van der Waals surface area contributed by atoms with Crippen LogP contribution in [0.25, 0.3) is 22.5 Å². The molecule has 1 heterocycles. The van der Waals surface area contributed by atoms with E-state index >= 15 is 0 Å². The smallest absolute Gasteiger partial charge is 0.364 e. The molecule has 1 aromatic heterocycles. The zero-order chi connectivity index (χ0) is 27.3. The van der Waals surface area contributed by atoms with Crippen LogP contribution in [-0.2, 0) is 20.8 Å². The van der Waals surface area contributed by atoms with E-state index in [1.54, 1.807) is 4.68 Å². The molecule has 0 bridgehead atoms. The highest BCUT2D eigenvalue weighted by Crippen LogP contribution is 2.31. The van der Waals surface area contributed by atoms with Crippen molar-refractivity contribution in [1.29, 1.82) is 0 Å². The van der Waals surface area contributed by atoms with E-state index < -0.39 is 5.60 Å². The first-order chi connectivity index (χ1) is 18.1. The van der Waals surface area contributed by atoms with Gasteiger partial charge in [-0.15, -0.1) is 0 Å².